The number of anilines is 1. The van der Waals surface area contributed by atoms with E-state index in [9.17, 15) is 0 Å². The molecule has 5 rings (SSSR count). The lowest BCUT2D eigenvalue weighted by Gasteiger charge is -2.30. The summed E-state index contributed by atoms with van der Waals surface area (Å²) in [5.74, 6) is 1.40. The van der Waals surface area contributed by atoms with Gasteiger partial charge in [-0.2, -0.15) is 0 Å². The van der Waals surface area contributed by atoms with Crippen molar-refractivity contribution in [1.29, 1.82) is 0 Å². The van der Waals surface area contributed by atoms with Gasteiger partial charge in [-0.1, -0.05) is 23.7 Å². The van der Waals surface area contributed by atoms with Crippen LogP contribution in [0.1, 0.15) is 23.5 Å². The maximum atomic E-state index is 6.32. The molecule has 1 saturated heterocycles. The summed E-state index contributed by atoms with van der Waals surface area (Å²) in [6.45, 7) is 0. The van der Waals surface area contributed by atoms with Crippen LogP contribution in [0.5, 0.6) is 11.5 Å². The quantitative estimate of drug-likeness (QED) is 0.349. The summed E-state index contributed by atoms with van der Waals surface area (Å²) in [6.07, 6.45) is 3.82. The maximum Gasteiger partial charge on any atom is 0.174 e. The number of nitrogens with zero attached hydrogens (tertiary/aromatic N) is 3. The van der Waals surface area contributed by atoms with E-state index in [1.165, 1.54) is 0 Å². The predicted molar refractivity (Wildman–Crippen MR) is 138 cm³/mol. The van der Waals surface area contributed by atoms with Crippen molar-refractivity contribution in [2.24, 2.45) is 0 Å². The van der Waals surface area contributed by atoms with Crippen molar-refractivity contribution in [2.75, 3.05) is 19.1 Å². The number of aromatic nitrogens is 2. The third-order valence-corrected chi connectivity index (χ3v) is 6.46. The Morgan fingerprint density at radius 3 is 2.59 bits per heavy atom. The van der Waals surface area contributed by atoms with E-state index < -0.39 is 0 Å². The number of pyridine rings is 1. The molecule has 0 amide bonds. The summed E-state index contributed by atoms with van der Waals surface area (Å²) in [5.41, 5.74) is 3.68. The SMILES string of the molecule is COc1ccc(OC)c(N2C(=S)N[C@@H](c3ccccn3)[C@@H]2c2cccn2-c2cccc(Cl)c2)c1. The number of halogens is 1. The predicted octanol–water partition coefficient (Wildman–Crippen LogP) is 5.72. The molecule has 3 heterocycles. The van der Waals surface area contributed by atoms with Crippen LogP contribution in [0.3, 0.4) is 0 Å². The average Bonchev–Trinajstić information content (AvgIpc) is 3.48. The highest BCUT2D eigenvalue weighted by Crippen LogP contribution is 2.46. The first kappa shape index (κ1) is 22.3. The normalized spacial score (nSPS) is 17.5. The molecule has 6 nitrogen and oxygen atoms in total. The second-order valence-electron chi connectivity index (χ2n) is 7.82. The topological polar surface area (TPSA) is 51.6 Å². The molecule has 1 N–H and O–H groups in total. The van der Waals surface area contributed by atoms with E-state index in [-0.39, 0.29) is 12.1 Å². The van der Waals surface area contributed by atoms with Gasteiger partial charge in [-0.3, -0.25) is 4.98 Å². The van der Waals surface area contributed by atoms with Crippen molar-refractivity contribution in [1.82, 2.24) is 14.9 Å². The molecule has 0 spiro atoms. The van der Waals surface area contributed by atoms with E-state index in [4.69, 9.17) is 33.3 Å². The molecule has 0 saturated carbocycles. The van der Waals surface area contributed by atoms with E-state index in [0.29, 0.717) is 21.6 Å². The maximum absolute atomic E-state index is 6.32. The molecule has 2 aromatic carbocycles. The van der Waals surface area contributed by atoms with Crippen molar-refractivity contribution in [3.8, 4) is 17.2 Å². The van der Waals surface area contributed by atoms with Gasteiger partial charge >= 0.3 is 0 Å². The lowest BCUT2D eigenvalue weighted by Crippen LogP contribution is -2.30. The Morgan fingerprint density at radius 1 is 0.971 bits per heavy atom. The van der Waals surface area contributed by atoms with Gasteiger partial charge in [-0.15, -0.1) is 0 Å². The van der Waals surface area contributed by atoms with Crippen molar-refractivity contribution < 1.29 is 9.47 Å². The van der Waals surface area contributed by atoms with Crippen molar-refractivity contribution in [3.63, 3.8) is 0 Å². The standard InChI is InChI=1S/C26H23ClN4O2S/c1-32-19-11-12-23(33-2)22(16-19)31-25(24(29-26(31)34)20-9-3-4-13-28-20)21-10-6-14-30(21)18-8-5-7-17(27)15-18/h3-16,24-25H,1-2H3,(H,29,34)/t24-,25-/m0/s1. The van der Waals surface area contributed by atoms with E-state index >= 15 is 0 Å². The molecule has 0 radical (unpaired) electrons. The highest BCUT2D eigenvalue weighted by molar-refractivity contribution is 7.80. The average molecular weight is 491 g/mol. The number of benzene rings is 2. The van der Waals surface area contributed by atoms with Crippen LogP contribution in [-0.2, 0) is 0 Å². The summed E-state index contributed by atoms with van der Waals surface area (Å²) in [5, 5.41) is 4.74. The Labute approximate surface area is 208 Å². The Kier molecular flexibility index (Phi) is 6.13. The lowest BCUT2D eigenvalue weighted by atomic mass is 10.0. The molecule has 8 heteroatoms. The van der Waals surface area contributed by atoms with Gasteiger partial charge in [0, 0.05) is 34.9 Å². The molecule has 34 heavy (non-hydrogen) atoms. The van der Waals surface area contributed by atoms with Crippen LogP contribution in [0.25, 0.3) is 5.69 Å². The zero-order valence-electron chi connectivity index (χ0n) is 18.7. The fourth-order valence-electron chi connectivity index (χ4n) is 4.40. The first-order chi connectivity index (χ1) is 16.6. The van der Waals surface area contributed by atoms with Crippen LogP contribution >= 0.6 is 23.8 Å². The van der Waals surface area contributed by atoms with Crippen molar-refractivity contribution in [2.45, 2.75) is 12.1 Å². The summed E-state index contributed by atoms with van der Waals surface area (Å²) in [4.78, 5) is 6.72. The van der Waals surface area contributed by atoms with Gasteiger partial charge in [0.2, 0.25) is 0 Å². The summed E-state index contributed by atoms with van der Waals surface area (Å²) < 4.78 is 13.4. The zero-order chi connectivity index (χ0) is 23.7. The minimum absolute atomic E-state index is 0.197. The van der Waals surface area contributed by atoms with Crippen LogP contribution in [0.2, 0.25) is 5.02 Å². The van der Waals surface area contributed by atoms with E-state index in [1.54, 1.807) is 20.4 Å². The van der Waals surface area contributed by atoms with Crippen LogP contribution in [0.15, 0.2) is 85.2 Å². The Balaban J connectivity index is 1.71. The third-order valence-electron chi connectivity index (χ3n) is 5.91. The van der Waals surface area contributed by atoms with Crippen LogP contribution in [0.4, 0.5) is 5.69 Å². The summed E-state index contributed by atoms with van der Waals surface area (Å²) >= 11 is 12.2. The zero-order valence-corrected chi connectivity index (χ0v) is 20.3. The van der Waals surface area contributed by atoms with Crippen molar-refractivity contribution >= 4 is 34.6 Å². The highest BCUT2D eigenvalue weighted by Gasteiger charge is 2.43. The smallest absolute Gasteiger partial charge is 0.174 e. The van der Waals surface area contributed by atoms with Crippen LogP contribution < -0.4 is 19.7 Å². The summed E-state index contributed by atoms with van der Waals surface area (Å²) in [7, 11) is 3.29. The van der Waals surface area contributed by atoms with Crippen LogP contribution in [-0.4, -0.2) is 28.9 Å². The molecule has 172 valence electrons. The number of rotatable bonds is 6. The number of hydrogen-bond donors (Lipinski definition) is 1. The minimum atomic E-state index is -0.225. The largest absolute Gasteiger partial charge is 0.497 e. The van der Waals surface area contributed by atoms with Gasteiger partial charge in [0.1, 0.15) is 17.5 Å². The molecule has 1 fully saturated rings. The first-order valence-corrected chi connectivity index (χ1v) is 11.5. The monoisotopic (exact) mass is 490 g/mol. The molecule has 2 aromatic heterocycles. The van der Waals surface area contributed by atoms with Crippen molar-refractivity contribution in [3.05, 3.63) is 102 Å². The van der Waals surface area contributed by atoms with E-state index in [1.807, 2.05) is 72.9 Å². The molecule has 4 aromatic rings. The Morgan fingerprint density at radius 2 is 1.85 bits per heavy atom. The lowest BCUT2D eigenvalue weighted by molar-refractivity contribution is 0.402. The first-order valence-electron chi connectivity index (χ1n) is 10.8. The van der Waals surface area contributed by atoms with E-state index in [0.717, 1.165) is 22.8 Å². The molecule has 1 aliphatic rings. The molecule has 2 atom stereocenters. The Hall–Kier alpha value is -3.55. The van der Waals surface area contributed by atoms with Gasteiger partial charge in [0.25, 0.3) is 0 Å². The van der Waals surface area contributed by atoms with E-state index in [2.05, 4.69) is 25.8 Å². The molecular formula is C26H23ClN4O2S. The second kappa shape index (κ2) is 9.37. The number of methoxy groups -OCH3 is 2. The summed E-state index contributed by atoms with van der Waals surface area (Å²) in [6, 6.07) is 23.1. The Bertz CT molecular complexity index is 1330. The van der Waals surface area contributed by atoms with Gasteiger partial charge < -0.3 is 24.3 Å². The number of thiocarbonyl (C=S) groups is 1. The van der Waals surface area contributed by atoms with Gasteiger partial charge in [0.05, 0.1) is 31.6 Å². The fraction of sp³-hybridized carbons (Fsp3) is 0.154. The number of nitrogens with one attached hydrogen (secondary N) is 1. The van der Waals surface area contributed by atoms with Gasteiger partial charge in [0.15, 0.2) is 5.11 Å². The van der Waals surface area contributed by atoms with Gasteiger partial charge in [-0.05, 0) is 66.8 Å². The fourth-order valence-corrected chi connectivity index (χ4v) is 4.92. The second-order valence-corrected chi connectivity index (χ2v) is 8.64. The minimum Gasteiger partial charge on any atom is -0.497 e. The number of hydrogen-bond acceptors (Lipinski definition) is 4. The molecule has 1 aliphatic heterocycles. The molecule has 0 bridgehead atoms. The highest BCUT2D eigenvalue weighted by atomic mass is 35.5. The van der Waals surface area contributed by atoms with Crippen LogP contribution in [0, 0.1) is 0 Å². The molecule has 0 unspecified atom stereocenters. The molecule has 0 aliphatic carbocycles. The number of ether oxygens (including phenoxy) is 2. The third kappa shape index (κ3) is 3.97. The molecular weight excluding hydrogens is 468 g/mol. The van der Waals surface area contributed by atoms with Gasteiger partial charge in [-0.25, -0.2) is 0 Å².